The summed E-state index contributed by atoms with van der Waals surface area (Å²) in [4.78, 5) is 12.3. The highest BCUT2D eigenvalue weighted by Crippen LogP contribution is 2.28. The molecule has 5 rings (SSSR count). The molecule has 1 saturated heterocycles. The van der Waals surface area contributed by atoms with E-state index in [1.165, 1.54) is 0 Å². The van der Waals surface area contributed by atoms with Gasteiger partial charge < -0.3 is 10.1 Å². The molecule has 0 aliphatic carbocycles. The highest BCUT2D eigenvalue weighted by Gasteiger charge is 2.31. The second-order valence-corrected chi connectivity index (χ2v) is 11.7. The molecule has 204 valence electrons. The highest BCUT2D eigenvalue weighted by atomic mass is 32.2. The lowest BCUT2D eigenvalue weighted by atomic mass is 10.2. The second-order valence-electron chi connectivity index (χ2n) is 9.73. The van der Waals surface area contributed by atoms with Gasteiger partial charge in [0, 0.05) is 37.3 Å². The van der Waals surface area contributed by atoms with E-state index in [1.54, 1.807) is 28.6 Å². The Morgan fingerprint density at radius 1 is 0.897 bits per heavy atom. The monoisotopic (exact) mass is 545 g/mol. The lowest BCUT2D eigenvalue weighted by Gasteiger charge is -2.36. The number of piperazine rings is 1. The molecule has 3 aromatic carbocycles. The van der Waals surface area contributed by atoms with Crippen molar-refractivity contribution in [1.29, 1.82) is 0 Å². The molecule has 8 nitrogen and oxygen atoms in total. The SMILES string of the molecule is CCCCOc1ccc(S(=O)(=O)N2CCN([C@H](C)c3nc(Nc4ccccc4)c4ccccc4n3)CC2)cc1. The summed E-state index contributed by atoms with van der Waals surface area (Å²) in [6, 6.07) is 24.6. The number of para-hydroxylation sites is 2. The number of nitrogens with zero attached hydrogens (tertiary/aromatic N) is 4. The largest absolute Gasteiger partial charge is 0.494 e. The maximum absolute atomic E-state index is 13.3. The number of benzene rings is 3. The van der Waals surface area contributed by atoms with Crippen LogP contribution in [0.4, 0.5) is 11.5 Å². The highest BCUT2D eigenvalue weighted by molar-refractivity contribution is 7.89. The van der Waals surface area contributed by atoms with Crippen LogP contribution in [0.2, 0.25) is 0 Å². The Bertz CT molecular complexity index is 1490. The molecular weight excluding hydrogens is 510 g/mol. The van der Waals surface area contributed by atoms with Crippen LogP contribution in [0.1, 0.15) is 38.6 Å². The van der Waals surface area contributed by atoms with E-state index in [9.17, 15) is 8.42 Å². The Morgan fingerprint density at radius 3 is 2.31 bits per heavy atom. The van der Waals surface area contributed by atoms with Crippen molar-refractivity contribution in [3.63, 3.8) is 0 Å². The minimum atomic E-state index is -3.58. The number of fused-ring (bicyclic) bond motifs is 1. The summed E-state index contributed by atoms with van der Waals surface area (Å²) in [5, 5.41) is 4.40. The smallest absolute Gasteiger partial charge is 0.243 e. The number of anilines is 2. The summed E-state index contributed by atoms with van der Waals surface area (Å²) in [5.74, 6) is 2.16. The van der Waals surface area contributed by atoms with Gasteiger partial charge in [0.05, 0.1) is 23.1 Å². The molecule has 1 atom stereocenters. The van der Waals surface area contributed by atoms with Gasteiger partial charge in [-0.05, 0) is 61.9 Å². The molecule has 1 N–H and O–H groups in total. The van der Waals surface area contributed by atoms with E-state index in [-0.39, 0.29) is 6.04 Å². The van der Waals surface area contributed by atoms with Crippen molar-refractivity contribution >= 4 is 32.4 Å². The summed E-state index contributed by atoms with van der Waals surface area (Å²) in [5.41, 5.74) is 1.83. The predicted octanol–water partition coefficient (Wildman–Crippen LogP) is 5.62. The quantitative estimate of drug-likeness (QED) is 0.259. The van der Waals surface area contributed by atoms with E-state index >= 15 is 0 Å². The van der Waals surface area contributed by atoms with Gasteiger partial charge in [-0.3, -0.25) is 4.90 Å². The Morgan fingerprint density at radius 2 is 1.59 bits per heavy atom. The zero-order valence-electron chi connectivity index (χ0n) is 22.5. The lowest BCUT2D eigenvalue weighted by Crippen LogP contribution is -2.49. The first-order valence-corrected chi connectivity index (χ1v) is 15.0. The van der Waals surface area contributed by atoms with Crippen LogP contribution in [0.5, 0.6) is 5.75 Å². The molecule has 9 heteroatoms. The molecule has 0 saturated carbocycles. The molecule has 1 fully saturated rings. The molecule has 0 bridgehead atoms. The normalized spacial score (nSPS) is 15.7. The summed E-state index contributed by atoms with van der Waals surface area (Å²) in [6.07, 6.45) is 2.02. The van der Waals surface area contributed by atoms with Crippen LogP contribution in [0.25, 0.3) is 10.9 Å². The van der Waals surface area contributed by atoms with Crippen LogP contribution in [-0.2, 0) is 10.0 Å². The molecule has 1 aliphatic rings. The molecule has 0 unspecified atom stereocenters. The van der Waals surface area contributed by atoms with Gasteiger partial charge in [0.2, 0.25) is 10.0 Å². The fourth-order valence-electron chi connectivity index (χ4n) is 4.72. The minimum absolute atomic E-state index is 0.0738. The Labute approximate surface area is 230 Å². The first-order chi connectivity index (χ1) is 19.0. The van der Waals surface area contributed by atoms with Gasteiger partial charge in [0.1, 0.15) is 17.4 Å². The molecule has 0 radical (unpaired) electrons. The van der Waals surface area contributed by atoms with E-state index in [2.05, 4.69) is 24.1 Å². The van der Waals surface area contributed by atoms with E-state index < -0.39 is 10.0 Å². The lowest BCUT2D eigenvalue weighted by molar-refractivity contribution is 0.141. The Balaban J connectivity index is 1.28. The summed E-state index contributed by atoms with van der Waals surface area (Å²) >= 11 is 0. The van der Waals surface area contributed by atoms with E-state index in [0.717, 1.165) is 35.2 Å². The van der Waals surface area contributed by atoms with Gasteiger partial charge in [0.15, 0.2) is 0 Å². The van der Waals surface area contributed by atoms with Crippen molar-refractivity contribution in [3.05, 3.63) is 84.7 Å². The van der Waals surface area contributed by atoms with Crippen molar-refractivity contribution in [3.8, 4) is 5.75 Å². The Kier molecular flexibility index (Phi) is 8.40. The first-order valence-electron chi connectivity index (χ1n) is 13.5. The molecule has 1 aromatic heterocycles. The summed E-state index contributed by atoms with van der Waals surface area (Å²) in [7, 11) is -3.58. The van der Waals surface area contributed by atoms with Crippen LogP contribution in [0, 0.1) is 0 Å². The fourth-order valence-corrected chi connectivity index (χ4v) is 6.14. The van der Waals surface area contributed by atoms with Gasteiger partial charge in [-0.1, -0.05) is 43.7 Å². The number of hydrogen-bond acceptors (Lipinski definition) is 7. The number of ether oxygens (including phenoxy) is 1. The molecule has 0 spiro atoms. The van der Waals surface area contributed by atoms with Crippen LogP contribution in [-0.4, -0.2) is 60.4 Å². The fraction of sp³-hybridized carbons (Fsp3) is 0.333. The second kappa shape index (κ2) is 12.1. The van der Waals surface area contributed by atoms with Gasteiger partial charge >= 0.3 is 0 Å². The molecule has 39 heavy (non-hydrogen) atoms. The first kappa shape index (κ1) is 27.1. The summed E-state index contributed by atoms with van der Waals surface area (Å²) in [6.45, 7) is 6.82. The number of hydrogen-bond donors (Lipinski definition) is 1. The van der Waals surface area contributed by atoms with Crippen LogP contribution >= 0.6 is 0 Å². The zero-order valence-corrected chi connectivity index (χ0v) is 23.3. The average Bonchev–Trinajstić information content (AvgIpc) is 2.98. The number of nitrogens with one attached hydrogen (secondary N) is 1. The minimum Gasteiger partial charge on any atom is -0.494 e. The van der Waals surface area contributed by atoms with Gasteiger partial charge in [-0.25, -0.2) is 18.4 Å². The van der Waals surface area contributed by atoms with Gasteiger partial charge in [-0.2, -0.15) is 4.31 Å². The predicted molar refractivity (Wildman–Crippen MR) is 155 cm³/mol. The maximum atomic E-state index is 13.3. The van der Waals surface area contributed by atoms with Crippen LogP contribution < -0.4 is 10.1 Å². The van der Waals surface area contributed by atoms with Crippen LogP contribution in [0.3, 0.4) is 0 Å². The molecule has 0 amide bonds. The molecule has 2 heterocycles. The van der Waals surface area contributed by atoms with E-state index in [4.69, 9.17) is 14.7 Å². The third kappa shape index (κ3) is 6.21. The third-order valence-corrected chi connectivity index (χ3v) is 8.99. The van der Waals surface area contributed by atoms with Gasteiger partial charge in [-0.15, -0.1) is 0 Å². The number of unbranched alkanes of at least 4 members (excludes halogenated alkanes) is 1. The standard InChI is InChI=1S/C30H35N5O3S/c1-3-4-22-38-25-14-16-26(17-15-25)39(36,37)35-20-18-34(19-21-35)23(2)29-32-28-13-9-8-12-27(28)30(33-29)31-24-10-6-5-7-11-24/h5-17,23H,3-4,18-22H2,1-2H3,(H,31,32,33)/t23-/m1/s1. The zero-order chi connectivity index (χ0) is 27.2. The van der Waals surface area contributed by atoms with Crippen molar-refractivity contribution in [1.82, 2.24) is 19.2 Å². The van der Waals surface area contributed by atoms with E-state index in [1.807, 2.05) is 54.6 Å². The van der Waals surface area contributed by atoms with E-state index in [0.29, 0.717) is 49.3 Å². The van der Waals surface area contributed by atoms with Crippen molar-refractivity contribution in [2.75, 3.05) is 38.1 Å². The maximum Gasteiger partial charge on any atom is 0.243 e. The topological polar surface area (TPSA) is 87.7 Å². The number of sulfonamides is 1. The van der Waals surface area contributed by atoms with Crippen molar-refractivity contribution in [2.45, 2.75) is 37.6 Å². The number of rotatable bonds is 10. The number of aromatic nitrogens is 2. The Hall–Kier alpha value is -3.53. The molecule has 4 aromatic rings. The average molecular weight is 546 g/mol. The van der Waals surface area contributed by atoms with Crippen molar-refractivity contribution < 1.29 is 13.2 Å². The third-order valence-electron chi connectivity index (χ3n) is 7.08. The summed E-state index contributed by atoms with van der Waals surface area (Å²) < 4.78 is 33.8. The van der Waals surface area contributed by atoms with Crippen molar-refractivity contribution in [2.24, 2.45) is 0 Å². The van der Waals surface area contributed by atoms with Crippen LogP contribution in [0.15, 0.2) is 83.8 Å². The van der Waals surface area contributed by atoms with Gasteiger partial charge in [0.25, 0.3) is 0 Å². The molecule has 1 aliphatic heterocycles. The molecular formula is C30H35N5O3S.